The number of nitrogens with one attached hydrogen (secondary N) is 1. The summed E-state index contributed by atoms with van der Waals surface area (Å²) in [6.45, 7) is 3.67. The van der Waals surface area contributed by atoms with Crippen molar-refractivity contribution in [1.82, 2.24) is 20.1 Å². The van der Waals surface area contributed by atoms with E-state index in [4.69, 9.17) is 21.1 Å². The molecule has 5 atom stereocenters. The molecular formula is C23H30ClN5O3. The number of aromatic nitrogens is 1. The van der Waals surface area contributed by atoms with Gasteiger partial charge in [-0.2, -0.15) is 5.26 Å². The fourth-order valence-electron chi connectivity index (χ4n) is 6.23. The van der Waals surface area contributed by atoms with E-state index in [1.165, 1.54) is 0 Å². The maximum atomic E-state index is 14.0. The van der Waals surface area contributed by atoms with Crippen molar-refractivity contribution in [1.29, 1.82) is 5.26 Å². The average molecular weight is 460 g/mol. The van der Waals surface area contributed by atoms with Crippen molar-refractivity contribution in [2.45, 2.75) is 50.4 Å². The Balaban J connectivity index is 1.34. The summed E-state index contributed by atoms with van der Waals surface area (Å²) in [5.74, 6) is 0.345. The van der Waals surface area contributed by atoms with Crippen LogP contribution >= 0.6 is 11.6 Å². The van der Waals surface area contributed by atoms with Crippen LogP contribution in [0.4, 0.5) is 0 Å². The van der Waals surface area contributed by atoms with Crippen LogP contribution in [0.1, 0.15) is 30.5 Å². The third-order valence-electron chi connectivity index (χ3n) is 7.79. The number of rotatable bonds is 4. The zero-order chi connectivity index (χ0) is 22.3. The quantitative estimate of drug-likeness (QED) is 0.683. The third kappa shape index (κ3) is 3.86. The first kappa shape index (κ1) is 21.9. The molecule has 0 bridgehead atoms. The Labute approximate surface area is 193 Å². The molecule has 1 N–H and O–H groups in total. The highest BCUT2D eigenvalue weighted by atomic mass is 35.5. The van der Waals surface area contributed by atoms with Gasteiger partial charge < -0.3 is 24.6 Å². The predicted octanol–water partition coefficient (Wildman–Crippen LogP) is 1.57. The van der Waals surface area contributed by atoms with Gasteiger partial charge in [-0.25, -0.2) is 0 Å². The van der Waals surface area contributed by atoms with Gasteiger partial charge in [-0.1, -0.05) is 11.6 Å². The molecule has 1 aromatic heterocycles. The van der Waals surface area contributed by atoms with Crippen LogP contribution in [0.25, 0.3) is 0 Å². The number of ether oxygens (including phenoxy) is 2. The maximum absolute atomic E-state index is 14.0. The van der Waals surface area contributed by atoms with Crippen LogP contribution in [0.2, 0.25) is 5.02 Å². The first-order valence-corrected chi connectivity index (χ1v) is 11.8. The number of pyridine rings is 1. The van der Waals surface area contributed by atoms with Gasteiger partial charge in [-0.3, -0.25) is 9.78 Å². The SMILES string of the molecule is COC1COCCC1N[C@@H]1C[C@H]2CN(C#N)C[C@@]2(C(=O)N2CCc3ncc(Cl)cc3C2)C1. The monoisotopic (exact) mass is 459 g/mol. The number of carbonyl (C=O) groups is 1. The molecule has 1 aliphatic carbocycles. The van der Waals surface area contributed by atoms with Gasteiger partial charge in [-0.05, 0) is 36.8 Å². The van der Waals surface area contributed by atoms with E-state index < -0.39 is 5.41 Å². The highest BCUT2D eigenvalue weighted by molar-refractivity contribution is 6.30. The van der Waals surface area contributed by atoms with E-state index in [0.717, 1.165) is 43.5 Å². The highest BCUT2D eigenvalue weighted by Crippen LogP contribution is 2.50. The Hall–Kier alpha value is -1.92. The van der Waals surface area contributed by atoms with E-state index >= 15 is 0 Å². The van der Waals surface area contributed by atoms with Gasteiger partial charge in [0, 0.05) is 70.3 Å². The minimum atomic E-state index is -0.523. The topological polar surface area (TPSA) is 90.7 Å². The smallest absolute Gasteiger partial charge is 0.231 e. The molecule has 0 radical (unpaired) electrons. The van der Waals surface area contributed by atoms with E-state index in [2.05, 4.69) is 16.5 Å². The molecule has 172 valence electrons. The van der Waals surface area contributed by atoms with Crippen LogP contribution in [-0.2, 0) is 27.2 Å². The van der Waals surface area contributed by atoms with Gasteiger partial charge in [0.15, 0.2) is 6.19 Å². The summed E-state index contributed by atoms with van der Waals surface area (Å²) < 4.78 is 11.2. The zero-order valence-corrected chi connectivity index (χ0v) is 19.2. The van der Waals surface area contributed by atoms with Gasteiger partial charge >= 0.3 is 0 Å². The van der Waals surface area contributed by atoms with Gasteiger partial charge in [0.2, 0.25) is 5.91 Å². The fourth-order valence-corrected chi connectivity index (χ4v) is 6.41. The number of nitrogens with zero attached hydrogens (tertiary/aromatic N) is 4. The van der Waals surface area contributed by atoms with Crippen molar-refractivity contribution < 1.29 is 14.3 Å². The van der Waals surface area contributed by atoms with Crippen LogP contribution in [0.5, 0.6) is 0 Å². The Morgan fingerprint density at radius 2 is 2.38 bits per heavy atom. The summed E-state index contributed by atoms with van der Waals surface area (Å²) in [6, 6.07) is 2.38. The van der Waals surface area contributed by atoms with Crippen molar-refractivity contribution >= 4 is 17.5 Å². The lowest BCUT2D eigenvalue weighted by atomic mass is 9.78. The Morgan fingerprint density at radius 3 is 3.19 bits per heavy atom. The number of fused-ring (bicyclic) bond motifs is 2. The molecule has 1 saturated carbocycles. The minimum absolute atomic E-state index is 0.0299. The first-order chi connectivity index (χ1) is 15.5. The van der Waals surface area contributed by atoms with Crippen molar-refractivity contribution in [3.05, 3.63) is 28.5 Å². The summed E-state index contributed by atoms with van der Waals surface area (Å²) in [6.07, 6.45) is 7.28. The van der Waals surface area contributed by atoms with Crippen molar-refractivity contribution in [3.63, 3.8) is 0 Å². The maximum Gasteiger partial charge on any atom is 0.231 e. The Bertz CT molecular complexity index is 923. The lowest BCUT2D eigenvalue weighted by Crippen LogP contribution is -2.52. The second kappa shape index (κ2) is 8.79. The number of hydrogen-bond acceptors (Lipinski definition) is 7. The lowest BCUT2D eigenvalue weighted by molar-refractivity contribution is -0.143. The van der Waals surface area contributed by atoms with Gasteiger partial charge in [0.1, 0.15) is 0 Å². The molecular weight excluding hydrogens is 430 g/mol. The number of halogens is 1. The van der Waals surface area contributed by atoms with Crippen LogP contribution in [0, 0.1) is 22.8 Å². The van der Waals surface area contributed by atoms with Crippen LogP contribution in [0.15, 0.2) is 12.3 Å². The standard InChI is InChI=1S/C23H30ClN5O3/c1-31-21-12-32-5-3-20(21)27-18-7-16-11-28(14-25)13-23(16,8-18)22(30)29-4-2-19-15(10-29)6-17(24)9-26-19/h6,9,16,18,20-21,27H,2-5,7-8,10-13H2,1H3/t16-,18+,20?,21?,23-/m0/s1. The van der Waals surface area contributed by atoms with Gasteiger partial charge in [0.05, 0.1) is 23.1 Å². The fraction of sp³-hybridized carbons (Fsp3) is 0.696. The molecule has 9 heteroatoms. The molecule has 3 fully saturated rings. The molecule has 32 heavy (non-hydrogen) atoms. The van der Waals surface area contributed by atoms with Crippen LogP contribution in [0.3, 0.4) is 0 Å². The van der Waals surface area contributed by atoms with Crippen molar-refractivity contribution in [2.75, 3.05) is 40.0 Å². The van der Waals surface area contributed by atoms with Crippen LogP contribution < -0.4 is 5.32 Å². The summed E-state index contributed by atoms with van der Waals surface area (Å²) in [5.41, 5.74) is 1.52. The Kier molecular flexibility index (Phi) is 6.01. The molecule has 4 aliphatic rings. The number of likely N-dealkylation sites (tertiary alicyclic amines) is 1. The van der Waals surface area contributed by atoms with E-state index in [-0.39, 0.29) is 30.0 Å². The van der Waals surface area contributed by atoms with Gasteiger partial charge in [-0.15, -0.1) is 0 Å². The van der Waals surface area contributed by atoms with E-state index in [1.807, 2.05) is 11.0 Å². The van der Waals surface area contributed by atoms with E-state index in [0.29, 0.717) is 37.8 Å². The lowest BCUT2D eigenvalue weighted by Gasteiger charge is -2.37. The predicted molar refractivity (Wildman–Crippen MR) is 118 cm³/mol. The van der Waals surface area contributed by atoms with Crippen molar-refractivity contribution in [2.24, 2.45) is 11.3 Å². The number of amides is 1. The zero-order valence-electron chi connectivity index (χ0n) is 18.4. The second-order valence-electron chi connectivity index (χ2n) is 9.62. The molecule has 8 nitrogen and oxygen atoms in total. The molecule has 0 aromatic carbocycles. The third-order valence-corrected chi connectivity index (χ3v) is 8.00. The summed E-state index contributed by atoms with van der Waals surface area (Å²) in [4.78, 5) is 22.1. The molecule has 2 saturated heterocycles. The number of methoxy groups -OCH3 is 1. The van der Waals surface area contributed by atoms with E-state index in [9.17, 15) is 10.1 Å². The molecule has 3 aliphatic heterocycles. The molecule has 2 unspecified atom stereocenters. The normalized spacial score (nSPS) is 34.2. The number of hydrogen-bond donors (Lipinski definition) is 1. The second-order valence-corrected chi connectivity index (χ2v) is 10.1. The van der Waals surface area contributed by atoms with Crippen molar-refractivity contribution in [3.8, 4) is 6.19 Å². The average Bonchev–Trinajstić information content (AvgIpc) is 3.32. The highest BCUT2D eigenvalue weighted by Gasteiger charge is 2.59. The molecule has 1 aromatic rings. The largest absolute Gasteiger partial charge is 0.379 e. The first-order valence-electron chi connectivity index (χ1n) is 11.5. The minimum Gasteiger partial charge on any atom is -0.379 e. The molecule has 0 spiro atoms. The summed E-state index contributed by atoms with van der Waals surface area (Å²) >= 11 is 6.16. The van der Waals surface area contributed by atoms with Crippen LogP contribution in [-0.4, -0.2) is 78.8 Å². The number of nitriles is 1. The molecule has 5 rings (SSSR count). The molecule has 1 amide bonds. The van der Waals surface area contributed by atoms with E-state index in [1.54, 1.807) is 18.2 Å². The van der Waals surface area contributed by atoms with Gasteiger partial charge in [0.25, 0.3) is 0 Å². The Morgan fingerprint density at radius 1 is 1.50 bits per heavy atom. The number of carbonyl (C=O) groups excluding carboxylic acids is 1. The molecule has 4 heterocycles. The summed E-state index contributed by atoms with van der Waals surface area (Å²) in [7, 11) is 1.72. The summed E-state index contributed by atoms with van der Waals surface area (Å²) in [5, 5.41) is 13.9.